The first-order chi connectivity index (χ1) is 7.66. The van der Waals surface area contributed by atoms with E-state index >= 15 is 0 Å². The van der Waals surface area contributed by atoms with E-state index in [4.69, 9.17) is 5.11 Å². The van der Waals surface area contributed by atoms with Gasteiger partial charge in [-0.1, -0.05) is 0 Å². The topological polar surface area (TPSA) is 76.0 Å². The first-order valence-corrected chi connectivity index (χ1v) is 4.67. The number of pyridine rings is 1. The summed E-state index contributed by atoms with van der Waals surface area (Å²) in [6, 6.07) is 6.73. The molecule has 0 saturated heterocycles. The molecule has 1 N–H and O–H groups in total. The van der Waals surface area contributed by atoms with Crippen LogP contribution in [0.25, 0.3) is 11.4 Å². The van der Waals surface area contributed by atoms with Gasteiger partial charge in [-0.15, -0.1) is 5.10 Å². The summed E-state index contributed by atoms with van der Waals surface area (Å²) < 4.78 is 0. The Balaban J connectivity index is 2.34. The van der Waals surface area contributed by atoms with Gasteiger partial charge in [0.05, 0.1) is 17.0 Å². The molecule has 0 bridgehead atoms. The van der Waals surface area contributed by atoms with Gasteiger partial charge in [0.2, 0.25) is 0 Å². The van der Waals surface area contributed by atoms with Crippen molar-refractivity contribution in [3.8, 4) is 11.4 Å². The number of aryl methyl sites for hydroxylation is 1. The third-order valence-corrected chi connectivity index (χ3v) is 2.07. The van der Waals surface area contributed by atoms with Crippen LogP contribution in [-0.4, -0.2) is 26.3 Å². The molecule has 0 fully saturated rings. The fraction of sp³-hybridized carbons (Fsp3) is 0.0909. The Morgan fingerprint density at radius 3 is 2.38 bits per heavy atom. The van der Waals surface area contributed by atoms with Gasteiger partial charge in [0.15, 0.2) is 0 Å². The van der Waals surface area contributed by atoms with Gasteiger partial charge in [-0.05, 0) is 31.2 Å². The second kappa shape index (κ2) is 4.06. The van der Waals surface area contributed by atoms with Gasteiger partial charge in [0.1, 0.15) is 5.69 Å². The van der Waals surface area contributed by atoms with Crippen molar-refractivity contribution in [3.05, 3.63) is 41.7 Å². The second-order valence-electron chi connectivity index (χ2n) is 3.30. The largest absolute Gasteiger partial charge is 0.478 e. The van der Waals surface area contributed by atoms with Crippen LogP contribution >= 0.6 is 0 Å². The summed E-state index contributed by atoms with van der Waals surface area (Å²) in [4.78, 5) is 14.6. The molecule has 2 heterocycles. The van der Waals surface area contributed by atoms with Gasteiger partial charge >= 0.3 is 5.97 Å². The van der Waals surface area contributed by atoms with Crippen molar-refractivity contribution < 1.29 is 9.90 Å². The van der Waals surface area contributed by atoms with E-state index in [1.165, 1.54) is 12.3 Å². The summed E-state index contributed by atoms with van der Waals surface area (Å²) >= 11 is 0. The number of carboxylic acids is 1. The molecule has 0 aliphatic rings. The van der Waals surface area contributed by atoms with Gasteiger partial charge in [-0.2, -0.15) is 5.10 Å². The molecule has 5 heteroatoms. The lowest BCUT2D eigenvalue weighted by atomic mass is 10.2. The Kier molecular flexibility index (Phi) is 2.59. The molecule has 16 heavy (non-hydrogen) atoms. The van der Waals surface area contributed by atoms with Crippen LogP contribution in [-0.2, 0) is 0 Å². The molecule has 2 aromatic heterocycles. The molecule has 0 atom stereocenters. The first kappa shape index (κ1) is 10.2. The standard InChI is InChI=1S/C11H9N3O2/c1-7-2-4-10(14-13-7)9-5-3-8(6-12-9)11(15)16/h2-6H,1H3,(H,15,16). The lowest BCUT2D eigenvalue weighted by Gasteiger charge is -1.99. The molecule has 0 aliphatic carbocycles. The van der Waals surface area contributed by atoms with Crippen molar-refractivity contribution in [2.75, 3.05) is 0 Å². The van der Waals surface area contributed by atoms with Crippen LogP contribution in [0.4, 0.5) is 0 Å². The highest BCUT2D eigenvalue weighted by Gasteiger charge is 2.05. The quantitative estimate of drug-likeness (QED) is 0.822. The summed E-state index contributed by atoms with van der Waals surface area (Å²) in [7, 11) is 0. The van der Waals surface area contributed by atoms with Crippen LogP contribution in [0.2, 0.25) is 0 Å². The van der Waals surface area contributed by atoms with E-state index in [9.17, 15) is 4.79 Å². The molecule has 0 aliphatic heterocycles. The Morgan fingerprint density at radius 2 is 1.88 bits per heavy atom. The lowest BCUT2D eigenvalue weighted by Crippen LogP contribution is -1.98. The number of carbonyl (C=O) groups is 1. The highest BCUT2D eigenvalue weighted by Crippen LogP contribution is 2.13. The Labute approximate surface area is 91.8 Å². The molecule has 0 spiro atoms. The fourth-order valence-corrected chi connectivity index (χ4v) is 1.21. The zero-order valence-corrected chi connectivity index (χ0v) is 8.58. The minimum Gasteiger partial charge on any atom is -0.478 e. The third-order valence-electron chi connectivity index (χ3n) is 2.07. The Morgan fingerprint density at radius 1 is 1.12 bits per heavy atom. The van der Waals surface area contributed by atoms with Gasteiger partial charge in [-0.25, -0.2) is 4.79 Å². The molecule has 5 nitrogen and oxygen atoms in total. The molecule has 0 aromatic carbocycles. The van der Waals surface area contributed by atoms with Gasteiger partial charge in [-0.3, -0.25) is 4.98 Å². The Bertz CT molecular complexity index is 506. The van der Waals surface area contributed by atoms with Crippen molar-refractivity contribution in [3.63, 3.8) is 0 Å². The van der Waals surface area contributed by atoms with Crippen molar-refractivity contribution in [2.24, 2.45) is 0 Å². The van der Waals surface area contributed by atoms with Crippen LogP contribution in [0, 0.1) is 6.92 Å². The molecule has 0 amide bonds. The van der Waals surface area contributed by atoms with Gasteiger partial charge in [0.25, 0.3) is 0 Å². The SMILES string of the molecule is Cc1ccc(-c2ccc(C(=O)O)cn2)nn1. The van der Waals surface area contributed by atoms with Crippen molar-refractivity contribution in [1.82, 2.24) is 15.2 Å². The van der Waals surface area contributed by atoms with Crippen LogP contribution in [0.3, 0.4) is 0 Å². The monoisotopic (exact) mass is 215 g/mol. The Hall–Kier alpha value is -2.30. The molecule has 2 rings (SSSR count). The lowest BCUT2D eigenvalue weighted by molar-refractivity contribution is 0.0696. The van der Waals surface area contributed by atoms with Crippen LogP contribution in [0.1, 0.15) is 16.1 Å². The summed E-state index contributed by atoms with van der Waals surface area (Å²) in [6.45, 7) is 1.84. The average Bonchev–Trinajstić information content (AvgIpc) is 2.30. The van der Waals surface area contributed by atoms with E-state index in [0.717, 1.165) is 5.69 Å². The number of hydrogen-bond acceptors (Lipinski definition) is 4. The zero-order chi connectivity index (χ0) is 11.5. The molecule has 0 saturated carbocycles. The van der Waals surface area contributed by atoms with E-state index < -0.39 is 5.97 Å². The normalized spacial score (nSPS) is 10.1. The highest BCUT2D eigenvalue weighted by atomic mass is 16.4. The smallest absolute Gasteiger partial charge is 0.337 e. The molecule has 0 radical (unpaired) electrons. The summed E-state index contributed by atoms with van der Waals surface area (Å²) in [5.74, 6) is -0.992. The van der Waals surface area contributed by atoms with E-state index in [1.807, 2.05) is 13.0 Å². The predicted octanol–water partition coefficient (Wildman–Crippen LogP) is 1.55. The number of rotatable bonds is 2. The maximum absolute atomic E-state index is 10.6. The van der Waals surface area contributed by atoms with E-state index in [0.29, 0.717) is 11.4 Å². The fourth-order valence-electron chi connectivity index (χ4n) is 1.21. The third kappa shape index (κ3) is 2.03. The number of nitrogens with zero attached hydrogens (tertiary/aromatic N) is 3. The van der Waals surface area contributed by atoms with Crippen molar-refractivity contribution >= 4 is 5.97 Å². The molecular weight excluding hydrogens is 206 g/mol. The summed E-state index contributed by atoms with van der Waals surface area (Å²) in [5, 5.41) is 16.6. The van der Waals surface area contributed by atoms with E-state index in [2.05, 4.69) is 15.2 Å². The highest BCUT2D eigenvalue weighted by molar-refractivity contribution is 5.87. The number of aromatic carboxylic acids is 1. The van der Waals surface area contributed by atoms with Crippen molar-refractivity contribution in [1.29, 1.82) is 0 Å². The minimum absolute atomic E-state index is 0.156. The molecule has 2 aromatic rings. The maximum Gasteiger partial charge on any atom is 0.337 e. The minimum atomic E-state index is -0.992. The average molecular weight is 215 g/mol. The van der Waals surface area contributed by atoms with Gasteiger partial charge < -0.3 is 5.11 Å². The van der Waals surface area contributed by atoms with Crippen LogP contribution in [0.15, 0.2) is 30.5 Å². The van der Waals surface area contributed by atoms with Crippen molar-refractivity contribution in [2.45, 2.75) is 6.92 Å². The second-order valence-corrected chi connectivity index (χ2v) is 3.30. The maximum atomic E-state index is 10.6. The molecular formula is C11H9N3O2. The first-order valence-electron chi connectivity index (χ1n) is 4.67. The number of hydrogen-bond donors (Lipinski definition) is 1. The van der Waals surface area contributed by atoms with Crippen LogP contribution in [0.5, 0.6) is 0 Å². The predicted molar refractivity (Wildman–Crippen MR) is 57.0 cm³/mol. The molecule has 0 unspecified atom stereocenters. The van der Waals surface area contributed by atoms with E-state index in [-0.39, 0.29) is 5.56 Å². The number of aromatic nitrogens is 3. The van der Waals surface area contributed by atoms with Gasteiger partial charge in [0, 0.05) is 6.20 Å². The van der Waals surface area contributed by atoms with E-state index in [1.54, 1.807) is 12.1 Å². The zero-order valence-electron chi connectivity index (χ0n) is 8.58. The summed E-state index contributed by atoms with van der Waals surface area (Å²) in [5.41, 5.74) is 2.22. The van der Waals surface area contributed by atoms with Crippen LogP contribution < -0.4 is 0 Å². The summed E-state index contributed by atoms with van der Waals surface area (Å²) in [6.07, 6.45) is 1.30. The number of carboxylic acid groups (broad SMARTS) is 1. The molecule has 80 valence electrons.